The predicted octanol–water partition coefficient (Wildman–Crippen LogP) is 4.56. The number of fused-ring (bicyclic) bond motifs is 1. The van der Waals surface area contributed by atoms with E-state index in [4.69, 9.17) is 5.26 Å². The molecule has 8 heteroatoms. The maximum absolute atomic E-state index is 14.3. The third kappa shape index (κ3) is 3.83. The van der Waals surface area contributed by atoms with E-state index in [2.05, 4.69) is 19.8 Å². The van der Waals surface area contributed by atoms with Gasteiger partial charge in [0, 0.05) is 42.5 Å². The van der Waals surface area contributed by atoms with Gasteiger partial charge in [-0.1, -0.05) is 18.2 Å². The molecular weight excluding hydrogens is 390 g/mol. The average molecular weight is 408 g/mol. The molecule has 2 aromatic heterocycles. The summed E-state index contributed by atoms with van der Waals surface area (Å²) in [5.74, 6) is -0.775. The number of nitrogens with zero attached hydrogens (tertiary/aromatic N) is 4. The van der Waals surface area contributed by atoms with E-state index in [0.29, 0.717) is 34.7 Å². The van der Waals surface area contributed by atoms with Crippen LogP contribution in [0.1, 0.15) is 0 Å². The molecule has 2 heterocycles. The van der Waals surface area contributed by atoms with Crippen molar-refractivity contribution in [1.82, 2.24) is 15.0 Å². The lowest BCUT2D eigenvalue weighted by molar-refractivity contribution is -0.239. The fourth-order valence-electron chi connectivity index (χ4n) is 3.21. The van der Waals surface area contributed by atoms with Crippen LogP contribution in [0.15, 0.2) is 60.9 Å². The zero-order valence-electron chi connectivity index (χ0n) is 16.1. The zero-order chi connectivity index (χ0) is 21.1. The van der Waals surface area contributed by atoms with Gasteiger partial charge >= 0.3 is 0 Å². The number of anilines is 1. The van der Waals surface area contributed by atoms with Crippen LogP contribution in [0, 0.1) is 11.6 Å². The first-order valence-electron chi connectivity index (χ1n) is 9.22. The molecule has 30 heavy (non-hydrogen) atoms. The average Bonchev–Trinajstić information content (AvgIpc) is 2.78. The minimum absolute atomic E-state index is 0.0719. The Morgan fingerprint density at radius 1 is 1.03 bits per heavy atom. The summed E-state index contributed by atoms with van der Waals surface area (Å²) in [6.07, 6.45) is 3.33. The molecule has 4 rings (SSSR count). The number of likely N-dealkylation sites (N-methyl/N-ethyl adjacent to an activating group) is 1. The predicted molar refractivity (Wildman–Crippen MR) is 110 cm³/mol. The summed E-state index contributed by atoms with van der Waals surface area (Å²) in [5, 5.41) is 9.37. The molecule has 0 fully saturated rings. The molecule has 0 radical (unpaired) electrons. The van der Waals surface area contributed by atoms with Crippen LogP contribution in [-0.2, 0) is 4.89 Å². The van der Waals surface area contributed by atoms with Gasteiger partial charge in [-0.15, -0.1) is 0 Å². The number of benzene rings is 2. The van der Waals surface area contributed by atoms with Gasteiger partial charge in [0.05, 0.1) is 12.1 Å². The number of hydrogen-bond acceptors (Lipinski definition) is 6. The molecule has 0 amide bonds. The second kappa shape index (κ2) is 8.48. The Bertz CT molecular complexity index is 1190. The van der Waals surface area contributed by atoms with Gasteiger partial charge in [0.1, 0.15) is 5.82 Å². The first-order chi connectivity index (χ1) is 14.6. The van der Waals surface area contributed by atoms with E-state index in [1.807, 2.05) is 6.07 Å². The van der Waals surface area contributed by atoms with Crippen LogP contribution in [0.4, 0.5) is 14.6 Å². The second-order valence-corrected chi connectivity index (χ2v) is 6.70. The van der Waals surface area contributed by atoms with Gasteiger partial charge in [-0.05, 0) is 35.9 Å². The number of aromatic nitrogens is 3. The lowest BCUT2D eigenvalue weighted by Gasteiger charge is -2.20. The number of hydrogen-bond donors (Lipinski definition) is 1. The fraction of sp³-hybridized carbons (Fsp3) is 0.136. The SMILES string of the molecule is CN(CCOO)c1nc(-c2cccnc2)nc2ccc(-c3cccc(F)c3F)cc12. The summed E-state index contributed by atoms with van der Waals surface area (Å²) in [7, 11) is 1.79. The second-order valence-electron chi connectivity index (χ2n) is 6.70. The molecule has 0 spiro atoms. The molecule has 0 bridgehead atoms. The summed E-state index contributed by atoms with van der Waals surface area (Å²) in [6.45, 7) is 0.427. The van der Waals surface area contributed by atoms with Gasteiger partial charge in [0.2, 0.25) is 0 Å². The largest absolute Gasteiger partial charge is 0.357 e. The Kier molecular flexibility index (Phi) is 5.60. The topological polar surface area (TPSA) is 71.4 Å². The Labute approximate surface area is 171 Å². The minimum Gasteiger partial charge on any atom is -0.357 e. The van der Waals surface area contributed by atoms with E-state index in [1.165, 1.54) is 12.1 Å². The van der Waals surface area contributed by atoms with E-state index in [1.54, 1.807) is 48.6 Å². The molecule has 0 atom stereocenters. The normalized spacial score (nSPS) is 11.1. The highest BCUT2D eigenvalue weighted by Crippen LogP contribution is 2.32. The third-order valence-electron chi connectivity index (χ3n) is 4.74. The molecule has 1 N–H and O–H groups in total. The first kappa shape index (κ1) is 19.8. The summed E-state index contributed by atoms with van der Waals surface area (Å²) in [6, 6.07) is 12.9. The number of halogens is 2. The molecule has 152 valence electrons. The van der Waals surface area contributed by atoms with Crippen LogP contribution in [0.3, 0.4) is 0 Å². The molecule has 0 saturated carbocycles. The van der Waals surface area contributed by atoms with Crippen molar-refractivity contribution < 1.29 is 18.9 Å². The maximum Gasteiger partial charge on any atom is 0.166 e. The van der Waals surface area contributed by atoms with Crippen molar-refractivity contribution in [3.8, 4) is 22.5 Å². The first-order valence-corrected chi connectivity index (χ1v) is 9.22. The Balaban J connectivity index is 1.90. The molecule has 0 saturated heterocycles. The van der Waals surface area contributed by atoms with Gasteiger partial charge in [-0.25, -0.2) is 23.6 Å². The lowest BCUT2D eigenvalue weighted by Crippen LogP contribution is -2.23. The molecule has 0 unspecified atom stereocenters. The highest BCUT2D eigenvalue weighted by molar-refractivity contribution is 5.94. The van der Waals surface area contributed by atoms with Crippen LogP contribution >= 0.6 is 0 Å². The smallest absolute Gasteiger partial charge is 0.166 e. The monoisotopic (exact) mass is 408 g/mol. The van der Waals surface area contributed by atoms with E-state index in [-0.39, 0.29) is 12.2 Å². The molecule has 6 nitrogen and oxygen atoms in total. The van der Waals surface area contributed by atoms with Crippen molar-refractivity contribution in [3.05, 3.63) is 72.6 Å². The van der Waals surface area contributed by atoms with Crippen LogP contribution in [0.25, 0.3) is 33.4 Å². The Hall–Kier alpha value is -3.49. The van der Waals surface area contributed by atoms with Crippen molar-refractivity contribution in [2.75, 3.05) is 25.1 Å². The van der Waals surface area contributed by atoms with Crippen molar-refractivity contribution in [2.45, 2.75) is 0 Å². The van der Waals surface area contributed by atoms with E-state index >= 15 is 0 Å². The van der Waals surface area contributed by atoms with Gasteiger partial charge in [0.25, 0.3) is 0 Å². The van der Waals surface area contributed by atoms with Crippen molar-refractivity contribution in [1.29, 1.82) is 0 Å². The van der Waals surface area contributed by atoms with E-state index in [0.717, 1.165) is 11.6 Å². The molecule has 0 aliphatic rings. The van der Waals surface area contributed by atoms with E-state index < -0.39 is 11.6 Å². The van der Waals surface area contributed by atoms with Crippen LogP contribution in [-0.4, -0.2) is 40.4 Å². The van der Waals surface area contributed by atoms with Gasteiger partial charge in [-0.3, -0.25) is 10.2 Å². The third-order valence-corrected chi connectivity index (χ3v) is 4.74. The van der Waals surface area contributed by atoms with Gasteiger partial charge in [-0.2, -0.15) is 0 Å². The molecule has 2 aromatic carbocycles. The fourth-order valence-corrected chi connectivity index (χ4v) is 3.21. The summed E-state index contributed by atoms with van der Waals surface area (Å²) >= 11 is 0. The van der Waals surface area contributed by atoms with Crippen molar-refractivity contribution in [3.63, 3.8) is 0 Å². The number of rotatable bonds is 6. The molecular formula is C22H18F2N4O2. The summed E-state index contributed by atoms with van der Waals surface area (Å²) in [4.78, 5) is 19.4. The standard InChI is InChI=1S/C22H18F2N4O2/c1-28(10-11-30-29)22-17-12-14(16-5-2-6-18(23)20(16)24)7-8-19(17)26-21(27-22)15-4-3-9-25-13-15/h2-9,12-13,29H,10-11H2,1H3. The highest BCUT2D eigenvalue weighted by atomic mass is 19.2. The molecule has 4 aromatic rings. The lowest BCUT2D eigenvalue weighted by atomic mass is 10.0. The van der Waals surface area contributed by atoms with Crippen molar-refractivity contribution >= 4 is 16.7 Å². The minimum atomic E-state index is -0.909. The Morgan fingerprint density at radius 3 is 2.67 bits per heavy atom. The van der Waals surface area contributed by atoms with Crippen molar-refractivity contribution in [2.24, 2.45) is 0 Å². The van der Waals surface area contributed by atoms with Gasteiger partial charge < -0.3 is 4.90 Å². The van der Waals surface area contributed by atoms with Gasteiger partial charge in [0.15, 0.2) is 17.5 Å². The summed E-state index contributed by atoms with van der Waals surface area (Å²) in [5.41, 5.74) is 2.04. The number of pyridine rings is 1. The maximum atomic E-state index is 14.3. The quantitative estimate of drug-likeness (QED) is 0.372. The Morgan fingerprint density at radius 2 is 1.90 bits per heavy atom. The zero-order valence-corrected chi connectivity index (χ0v) is 16.1. The molecule has 0 aliphatic carbocycles. The summed E-state index contributed by atoms with van der Waals surface area (Å²) < 4.78 is 28.0. The van der Waals surface area contributed by atoms with Crippen LogP contribution in [0.2, 0.25) is 0 Å². The molecule has 0 aliphatic heterocycles. The van der Waals surface area contributed by atoms with E-state index in [9.17, 15) is 8.78 Å². The van der Waals surface area contributed by atoms with Crippen LogP contribution in [0.5, 0.6) is 0 Å². The highest BCUT2D eigenvalue weighted by Gasteiger charge is 2.16. The van der Waals surface area contributed by atoms with Crippen LogP contribution < -0.4 is 4.90 Å².